The molecule has 0 saturated heterocycles. The maximum atomic E-state index is 12.1. The molecule has 0 unspecified atom stereocenters. The third kappa shape index (κ3) is 3.89. The zero-order chi connectivity index (χ0) is 18.8. The van der Waals surface area contributed by atoms with Crippen LogP contribution in [0.4, 0.5) is 17.3 Å². The number of amides is 1. The second kappa shape index (κ2) is 7.07. The van der Waals surface area contributed by atoms with Crippen molar-refractivity contribution in [3.05, 3.63) is 65.9 Å². The molecule has 6 heteroatoms. The molecule has 1 heterocycles. The second-order valence-electron chi connectivity index (χ2n) is 6.74. The van der Waals surface area contributed by atoms with E-state index >= 15 is 0 Å². The molecule has 1 aliphatic rings. The van der Waals surface area contributed by atoms with E-state index in [-0.39, 0.29) is 5.91 Å². The third-order valence-electron chi connectivity index (χ3n) is 4.62. The predicted molar refractivity (Wildman–Crippen MR) is 107 cm³/mol. The first kappa shape index (κ1) is 17.0. The zero-order valence-electron chi connectivity index (χ0n) is 15.1. The molecule has 136 valence electrons. The molecule has 6 nitrogen and oxygen atoms in total. The van der Waals surface area contributed by atoms with Gasteiger partial charge in [0.05, 0.1) is 5.69 Å². The molecule has 1 fully saturated rings. The topological polar surface area (TPSA) is 92.9 Å². The van der Waals surface area contributed by atoms with Crippen molar-refractivity contribution >= 4 is 23.2 Å². The minimum Gasteiger partial charge on any atom is -0.398 e. The van der Waals surface area contributed by atoms with E-state index in [0.717, 1.165) is 41.0 Å². The highest BCUT2D eigenvalue weighted by atomic mass is 16.1. The van der Waals surface area contributed by atoms with Gasteiger partial charge in [-0.25, -0.2) is 9.97 Å². The van der Waals surface area contributed by atoms with Gasteiger partial charge in [0, 0.05) is 34.7 Å². The molecule has 4 N–H and O–H groups in total. The van der Waals surface area contributed by atoms with Gasteiger partial charge < -0.3 is 16.4 Å². The first-order valence-electron chi connectivity index (χ1n) is 8.96. The summed E-state index contributed by atoms with van der Waals surface area (Å²) in [6.07, 6.45) is 3.86. The molecule has 4 rings (SSSR count). The third-order valence-corrected chi connectivity index (χ3v) is 4.62. The van der Waals surface area contributed by atoms with Gasteiger partial charge in [-0.1, -0.05) is 12.1 Å². The molecule has 0 radical (unpaired) electrons. The summed E-state index contributed by atoms with van der Waals surface area (Å²) in [6, 6.07) is 15.3. The summed E-state index contributed by atoms with van der Waals surface area (Å²) in [7, 11) is 0. The Labute approximate surface area is 157 Å². The van der Waals surface area contributed by atoms with E-state index in [1.807, 2.05) is 43.3 Å². The number of anilines is 3. The lowest BCUT2D eigenvalue weighted by molar-refractivity contribution is 0.0951. The van der Waals surface area contributed by atoms with Gasteiger partial charge in [-0.05, 0) is 61.7 Å². The van der Waals surface area contributed by atoms with Crippen LogP contribution in [0.1, 0.15) is 28.8 Å². The van der Waals surface area contributed by atoms with Gasteiger partial charge in [0.25, 0.3) is 5.91 Å². The Morgan fingerprint density at radius 1 is 1.11 bits per heavy atom. The molecule has 1 saturated carbocycles. The van der Waals surface area contributed by atoms with Crippen molar-refractivity contribution in [2.75, 3.05) is 11.1 Å². The summed E-state index contributed by atoms with van der Waals surface area (Å²) in [4.78, 5) is 20.9. The van der Waals surface area contributed by atoms with E-state index in [1.165, 1.54) is 0 Å². The fraction of sp³-hybridized carbons (Fsp3) is 0.190. The molecule has 0 atom stereocenters. The van der Waals surface area contributed by atoms with Crippen LogP contribution in [0.3, 0.4) is 0 Å². The summed E-state index contributed by atoms with van der Waals surface area (Å²) in [5.74, 6) is 0.462. The Kier molecular flexibility index (Phi) is 4.46. The summed E-state index contributed by atoms with van der Waals surface area (Å²) < 4.78 is 0. The number of nitrogens with one attached hydrogen (secondary N) is 2. The highest BCUT2D eigenvalue weighted by molar-refractivity contribution is 5.95. The van der Waals surface area contributed by atoms with Gasteiger partial charge in [-0.3, -0.25) is 4.79 Å². The van der Waals surface area contributed by atoms with Crippen LogP contribution >= 0.6 is 0 Å². The van der Waals surface area contributed by atoms with Crippen molar-refractivity contribution in [1.29, 1.82) is 0 Å². The number of carbonyl (C=O) groups excluding carboxylic acids is 1. The average Bonchev–Trinajstić information content (AvgIpc) is 3.49. The maximum absolute atomic E-state index is 12.1. The van der Waals surface area contributed by atoms with Crippen molar-refractivity contribution in [2.45, 2.75) is 25.8 Å². The smallest absolute Gasteiger partial charge is 0.251 e. The maximum Gasteiger partial charge on any atom is 0.251 e. The number of nitrogen functional groups attached to an aromatic ring is 1. The van der Waals surface area contributed by atoms with Gasteiger partial charge in [-0.15, -0.1) is 0 Å². The molecule has 1 aromatic heterocycles. The van der Waals surface area contributed by atoms with E-state index < -0.39 is 0 Å². The van der Waals surface area contributed by atoms with Gasteiger partial charge in [-0.2, -0.15) is 0 Å². The Bertz CT molecular complexity index is 980. The fourth-order valence-corrected chi connectivity index (χ4v) is 2.83. The molecule has 27 heavy (non-hydrogen) atoms. The number of aromatic nitrogens is 2. The summed E-state index contributed by atoms with van der Waals surface area (Å²) in [5.41, 5.74) is 11.0. The van der Waals surface area contributed by atoms with Crippen LogP contribution in [0.2, 0.25) is 0 Å². The molecule has 0 spiro atoms. The van der Waals surface area contributed by atoms with Crippen LogP contribution in [-0.4, -0.2) is 21.9 Å². The summed E-state index contributed by atoms with van der Waals surface area (Å²) in [6.45, 7) is 1.98. The van der Waals surface area contributed by atoms with Crippen LogP contribution < -0.4 is 16.4 Å². The van der Waals surface area contributed by atoms with Crippen molar-refractivity contribution in [3.63, 3.8) is 0 Å². The van der Waals surface area contributed by atoms with Crippen molar-refractivity contribution < 1.29 is 4.79 Å². The van der Waals surface area contributed by atoms with Gasteiger partial charge in [0.1, 0.15) is 0 Å². The minimum atomic E-state index is -0.0283. The average molecular weight is 359 g/mol. The van der Waals surface area contributed by atoms with Gasteiger partial charge >= 0.3 is 0 Å². The number of nitrogens with two attached hydrogens (primary N) is 1. The fourth-order valence-electron chi connectivity index (χ4n) is 2.83. The number of hydrogen-bond donors (Lipinski definition) is 3. The van der Waals surface area contributed by atoms with E-state index in [9.17, 15) is 4.79 Å². The van der Waals surface area contributed by atoms with E-state index in [4.69, 9.17) is 5.73 Å². The Hall–Kier alpha value is -3.41. The SMILES string of the molecule is Cc1c(N)cccc1-c1ccnc(Nc2ccc(C(=O)NC3CC3)cc2)n1. The first-order valence-corrected chi connectivity index (χ1v) is 8.96. The summed E-state index contributed by atoms with van der Waals surface area (Å²) in [5, 5.41) is 6.16. The zero-order valence-corrected chi connectivity index (χ0v) is 15.1. The molecule has 2 aromatic carbocycles. The van der Waals surface area contributed by atoms with Crippen molar-refractivity contribution in [1.82, 2.24) is 15.3 Å². The minimum absolute atomic E-state index is 0.0283. The lowest BCUT2D eigenvalue weighted by atomic mass is 10.0. The quantitative estimate of drug-likeness (QED) is 0.605. The predicted octanol–water partition coefficient (Wildman–Crippen LogP) is 3.67. The number of benzene rings is 2. The first-order chi connectivity index (χ1) is 13.1. The van der Waals surface area contributed by atoms with Gasteiger partial charge in [0.2, 0.25) is 5.95 Å². The highest BCUT2D eigenvalue weighted by Crippen LogP contribution is 2.26. The molecule has 0 aliphatic heterocycles. The largest absolute Gasteiger partial charge is 0.398 e. The lowest BCUT2D eigenvalue weighted by Crippen LogP contribution is -2.25. The molecular weight excluding hydrogens is 338 g/mol. The van der Waals surface area contributed by atoms with Crippen LogP contribution in [0.15, 0.2) is 54.7 Å². The van der Waals surface area contributed by atoms with Crippen LogP contribution in [0.25, 0.3) is 11.3 Å². The normalized spacial score (nSPS) is 13.2. The number of carbonyl (C=O) groups is 1. The molecule has 1 amide bonds. The molecular formula is C21H21N5O. The molecule has 0 bridgehead atoms. The number of hydrogen-bond acceptors (Lipinski definition) is 5. The Morgan fingerprint density at radius 2 is 1.89 bits per heavy atom. The number of rotatable bonds is 5. The van der Waals surface area contributed by atoms with Crippen LogP contribution in [0.5, 0.6) is 0 Å². The van der Waals surface area contributed by atoms with E-state index in [2.05, 4.69) is 20.6 Å². The lowest BCUT2D eigenvalue weighted by Gasteiger charge is -2.10. The second-order valence-corrected chi connectivity index (χ2v) is 6.74. The Morgan fingerprint density at radius 3 is 2.63 bits per heavy atom. The molecule has 1 aliphatic carbocycles. The summed E-state index contributed by atoms with van der Waals surface area (Å²) >= 11 is 0. The standard InChI is InChI=1S/C21H21N5O/c1-13-17(3-2-4-18(13)22)19-11-12-23-21(26-19)25-16-7-5-14(6-8-16)20(27)24-15-9-10-15/h2-8,11-12,15H,9-10,22H2,1H3,(H,24,27)(H,23,25,26). The molecule has 3 aromatic rings. The van der Waals surface area contributed by atoms with Gasteiger partial charge in [0.15, 0.2) is 0 Å². The monoisotopic (exact) mass is 359 g/mol. The van der Waals surface area contributed by atoms with Crippen molar-refractivity contribution in [3.8, 4) is 11.3 Å². The highest BCUT2D eigenvalue weighted by Gasteiger charge is 2.23. The number of nitrogens with zero attached hydrogens (tertiary/aromatic N) is 2. The van der Waals surface area contributed by atoms with E-state index in [1.54, 1.807) is 18.3 Å². The van der Waals surface area contributed by atoms with Crippen LogP contribution in [-0.2, 0) is 0 Å². The van der Waals surface area contributed by atoms with E-state index in [0.29, 0.717) is 17.6 Å². The van der Waals surface area contributed by atoms with Crippen LogP contribution in [0, 0.1) is 6.92 Å². The Balaban J connectivity index is 1.51. The van der Waals surface area contributed by atoms with Crippen molar-refractivity contribution in [2.24, 2.45) is 0 Å².